The average Bonchev–Trinajstić information content (AvgIpc) is 3.08. The molecule has 0 saturated carbocycles. The zero-order valence-corrected chi connectivity index (χ0v) is 19.6. The fraction of sp³-hybridized carbons (Fsp3) is 0.393. The monoisotopic (exact) mass is 456 g/mol. The Morgan fingerprint density at radius 3 is 2.44 bits per heavy atom. The van der Waals surface area contributed by atoms with E-state index in [-0.39, 0.29) is 11.8 Å². The molecular formula is C28H32N4O2. The highest BCUT2D eigenvalue weighted by molar-refractivity contribution is 5.95. The van der Waals surface area contributed by atoms with Crippen LogP contribution in [0.15, 0.2) is 54.6 Å². The highest BCUT2D eigenvalue weighted by Crippen LogP contribution is 2.27. The smallest absolute Gasteiger partial charge is 0.272 e. The fourth-order valence-corrected chi connectivity index (χ4v) is 5.07. The molecule has 3 heterocycles. The number of nitrogens with zero attached hydrogens (tertiary/aromatic N) is 3. The first kappa shape index (κ1) is 22.4. The van der Waals surface area contributed by atoms with Gasteiger partial charge in [-0.05, 0) is 56.2 Å². The van der Waals surface area contributed by atoms with Gasteiger partial charge in [-0.1, -0.05) is 48.9 Å². The maximum absolute atomic E-state index is 13.3. The highest BCUT2D eigenvalue weighted by Gasteiger charge is 2.24. The lowest BCUT2D eigenvalue weighted by molar-refractivity contribution is 0.0724. The van der Waals surface area contributed by atoms with Crippen molar-refractivity contribution in [1.29, 1.82) is 0 Å². The van der Waals surface area contributed by atoms with Crippen molar-refractivity contribution in [3.8, 4) is 11.4 Å². The van der Waals surface area contributed by atoms with Gasteiger partial charge in [-0.2, -0.15) is 0 Å². The predicted molar refractivity (Wildman–Crippen MR) is 133 cm³/mol. The van der Waals surface area contributed by atoms with E-state index in [9.17, 15) is 9.59 Å². The van der Waals surface area contributed by atoms with E-state index in [2.05, 4.69) is 9.88 Å². The number of likely N-dealkylation sites (tertiary alicyclic amines) is 1. The molecule has 0 bridgehead atoms. The van der Waals surface area contributed by atoms with Crippen molar-refractivity contribution < 1.29 is 9.59 Å². The number of benzene rings is 2. The molecule has 6 heteroatoms. The number of carbonyl (C=O) groups excluding carboxylic acids is 2. The van der Waals surface area contributed by atoms with Crippen LogP contribution in [0, 0.1) is 0 Å². The molecule has 0 spiro atoms. The summed E-state index contributed by atoms with van der Waals surface area (Å²) in [6, 6.07) is 17.7. The topological polar surface area (TPSA) is 67.2 Å². The molecular weight excluding hydrogens is 424 g/mol. The summed E-state index contributed by atoms with van der Waals surface area (Å²) in [5, 5.41) is 3.06. The van der Waals surface area contributed by atoms with Crippen LogP contribution in [0.4, 0.5) is 0 Å². The van der Waals surface area contributed by atoms with Crippen LogP contribution >= 0.6 is 0 Å². The van der Waals surface area contributed by atoms with Gasteiger partial charge in [-0.3, -0.25) is 9.59 Å². The number of carbonyl (C=O) groups is 2. The maximum Gasteiger partial charge on any atom is 0.272 e. The second kappa shape index (κ2) is 10.2. The van der Waals surface area contributed by atoms with Gasteiger partial charge in [-0.15, -0.1) is 0 Å². The van der Waals surface area contributed by atoms with Gasteiger partial charge in [0.2, 0.25) is 0 Å². The number of fused-ring (bicyclic) bond motifs is 1. The van der Waals surface area contributed by atoms with Crippen molar-refractivity contribution in [3.63, 3.8) is 0 Å². The Kier molecular flexibility index (Phi) is 6.74. The molecule has 0 unspecified atom stereocenters. The second-order valence-electron chi connectivity index (χ2n) is 9.29. The molecule has 1 N–H and O–H groups in total. The minimum Gasteiger partial charge on any atom is -0.347 e. The lowest BCUT2D eigenvalue weighted by atomic mass is 10.1. The lowest BCUT2D eigenvalue weighted by Crippen LogP contribution is -2.35. The molecule has 0 atom stereocenters. The summed E-state index contributed by atoms with van der Waals surface area (Å²) >= 11 is 0. The summed E-state index contributed by atoms with van der Waals surface area (Å²) in [6.45, 7) is 2.91. The summed E-state index contributed by atoms with van der Waals surface area (Å²) in [6.07, 6.45) is 7.53. The van der Waals surface area contributed by atoms with Gasteiger partial charge >= 0.3 is 0 Å². The molecule has 2 aliphatic rings. The minimum absolute atomic E-state index is 0.0831. The molecule has 1 saturated heterocycles. The van der Waals surface area contributed by atoms with E-state index >= 15 is 0 Å². The number of aromatic nitrogens is 2. The normalized spacial score (nSPS) is 15.9. The molecule has 1 aromatic heterocycles. The third kappa shape index (κ3) is 4.76. The molecule has 34 heavy (non-hydrogen) atoms. The van der Waals surface area contributed by atoms with Crippen molar-refractivity contribution >= 4 is 11.8 Å². The van der Waals surface area contributed by atoms with Gasteiger partial charge in [0.25, 0.3) is 11.8 Å². The zero-order chi connectivity index (χ0) is 23.3. The van der Waals surface area contributed by atoms with E-state index in [1.807, 2.05) is 59.5 Å². The van der Waals surface area contributed by atoms with Crippen molar-refractivity contribution in [2.45, 2.75) is 58.0 Å². The first-order chi connectivity index (χ1) is 16.7. The van der Waals surface area contributed by atoms with E-state index < -0.39 is 0 Å². The molecule has 2 aromatic carbocycles. The van der Waals surface area contributed by atoms with Gasteiger partial charge in [-0.25, -0.2) is 4.98 Å². The molecule has 2 aliphatic heterocycles. The summed E-state index contributed by atoms with van der Waals surface area (Å²) in [5.74, 6) is 0.803. The van der Waals surface area contributed by atoms with Gasteiger partial charge in [0.1, 0.15) is 11.5 Å². The summed E-state index contributed by atoms with van der Waals surface area (Å²) in [5.41, 5.74) is 4.21. The molecule has 2 amide bonds. The Morgan fingerprint density at radius 1 is 0.853 bits per heavy atom. The van der Waals surface area contributed by atoms with Crippen LogP contribution in [0.25, 0.3) is 11.4 Å². The maximum atomic E-state index is 13.3. The van der Waals surface area contributed by atoms with Crippen LogP contribution in [0.3, 0.4) is 0 Å². The Balaban J connectivity index is 1.33. The minimum atomic E-state index is -0.152. The molecule has 3 aromatic rings. The number of piperidine rings is 1. The van der Waals surface area contributed by atoms with Gasteiger partial charge in [0, 0.05) is 37.3 Å². The summed E-state index contributed by atoms with van der Waals surface area (Å²) in [4.78, 5) is 32.9. The fourth-order valence-electron chi connectivity index (χ4n) is 5.07. The zero-order valence-electron chi connectivity index (χ0n) is 19.6. The lowest BCUT2D eigenvalue weighted by Gasteiger charge is -2.26. The van der Waals surface area contributed by atoms with Crippen LogP contribution in [-0.2, 0) is 19.5 Å². The second-order valence-corrected chi connectivity index (χ2v) is 9.29. The van der Waals surface area contributed by atoms with Crippen molar-refractivity contribution in [2.24, 2.45) is 0 Å². The number of hydrogen-bond donors (Lipinski definition) is 1. The number of nitrogens with one attached hydrogen (secondary N) is 1. The van der Waals surface area contributed by atoms with Gasteiger partial charge in [0.15, 0.2) is 0 Å². The first-order valence-electron chi connectivity index (χ1n) is 12.5. The van der Waals surface area contributed by atoms with E-state index in [4.69, 9.17) is 4.98 Å². The molecule has 0 aliphatic carbocycles. The van der Waals surface area contributed by atoms with E-state index in [0.717, 1.165) is 80.8 Å². The number of hydrogen-bond acceptors (Lipinski definition) is 3. The molecule has 0 radical (unpaired) electrons. The van der Waals surface area contributed by atoms with Crippen LogP contribution in [0.2, 0.25) is 0 Å². The molecule has 5 rings (SSSR count). The third-order valence-electron chi connectivity index (χ3n) is 6.89. The SMILES string of the molecule is O=C(NCc1cccc(C(=O)N2CCCCC2)c1)c1nc(-c2ccccc2)n2c1CCCCC2. The van der Waals surface area contributed by atoms with Crippen LogP contribution in [0.1, 0.15) is 70.6 Å². The predicted octanol–water partition coefficient (Wildman–Crippen LogP) is 4.83. The van der Waals surface area contributed by atoms with Crippen LogP contribution in [0.5, 0.6) is 0 Å². The Bertz CT molecular complexity index is 1160. The third-order valence-corrected chi connectivity index (χ3v) is 6.89. The Morgan fingerprint density at radius 2 is 1.62 bits per heavy atom. The van der Waals surface area contributed by atoms with Gasteiger partial charge < -0.3 is 14.8 Å². The number of rotatable bonds is 5. The summed E-state index contributed by atoms with van der Waals surface area (Å²) in [7, 11) is 0. The average molecular weight is 457 g/mol. The van der Waals surface area contributed by atoms with Crippen molar-refractivity contribution in [1.82, 2.24) is 19.8 Å². The van der Waals surface area contributed by atoms with E-state index in [0.29, 0.717) is 17.8 Å². The van der Waals surface area contributed by atoms with Crippen molar-refractivity contribution in [3.05, 3.63) is 77.1 Å². The van der Waals surface area contributed by atoms with Crippen molar-refractivity contribution in [2.75, 3.05) is 13.1 Å². The largest absolute Gasteiger partial charge is 0.347 e. The molecule has 6 nitrogen and oxygen atoms in total. The molecule has 1 fully saturated rings. The van der Waals surface area contributed by atoms with Crippen LogP contribution in [-0.4, -0.2) is 39.4 Å². The van der Waals surface area contributed by atoms with Crippen LogP contribution < -0.4 is 5.32 Å². The highest BCUT2D eigenvalue weighted by atomic mass is 16.2. The number of imidazole rings is 1. The first-order valence-corrected chi connectivity index (χ1v) is 12.5. The van der Waals surface area contributed by atoms with Gasteiger partial charge in [0.05, 0.1) is 5.69 Å². The van der Waals surface area contributed by atoms with E-state index in [1.165, 1.54) is 6.42 Å². The van der Waals surface area contributed by atoms with E-state index in [1.54, 1.807) is 0 Å². The quantitative estimate of drug-likeness (QED) is 0.598. The Labute approximate surface area is 201 Å². The number of amides is 2. The standard InChI is InChI=1S/C28H32N4O2/c33-27(29-20-21-11-10-14-23(19-21)28(34)31-16-7-3-8-17-31)25-24-15-6-2-9-18-32(24)26(30-25)22-12-4-1-5-13-22/h1,4-5,10-14,19H,2-3,6-9,15-18,20H2,(H,29,33). The summed E-state index contributed by atoms with van der Waals surface area (Å²) < 4.78 is 2.23. The molecule has 176 valence electrons. The Hall–Kier alpha value is -3.41.